The van der Waals surface area contributed by atoms with Gasteiger partial charge < -0.3 is 4.90 Å². The molecule has 2 aromatic rings. The first kappa shape index (κ1) is 21.8. The van der Waals surface area contributed by atoms with E-state index in [1.54, 1.807) is 13.0 Å². The van der Waals surface area contributed by atoms with Crippen LogP contribution in [0.25, 0.3) is 0 Å². The van der Waals surface area contributed by atoms with Crippen LogP contribution in [0.2, 0.25) is 0 Å². The molecule has 8 heteroatoms. The summed E-state index contributed by atoms with van der Waals surface area (Å²) in [5.74, 6) is 0. The minimum atomic E-state index is -4.53. The number of aryl methyl sites for hydroxylation is 1. The molecule has 0 amide bonds. The van der Waals surface area contributed by atoms with E-state index < -0.39 is 21.8 Å². The smallest absolute Gasteiger partial charge is 0.372 e. The van der Waals surface area contributed by atoms with Crippen molar-refractivity contribution in [3.05, 3.63) is 66.4 Å². The monoisotopic (exact) mass is 412 g/mol. The first-order valence-electron chi connectivity index (χ1n) is 8.76. The van der Waals surface area contributed by atoms with E-state index in [4.69, 9.17) is 0 Å². The molecule has 0 aliphatic rings. The minimum Gasteiger partial charge on any atom is -0.372 e. The molecule has 0 atom stereocenters. The highest BCUT2D eigenvalue weighted by Gasteiger charge is 2.31. The van der Waals surface area contributed by atoms with Crippen LogP contribution in [0, 0.1) is 6.92 Å². The van der Waals surface area contributed by atoms with Crippen molar-refractivity contribution in [1.82, 2.24) is 0 Å². The van der Waals surface area contributed by atoms with Gasteiger partial charge in [0.25, 0.3) is 10.0 Å². The molecule has 152 valence electrons. The average Bonchev–Trinajstić information content (AvgIpc) is 2.64. The first-order chi connectivity index (χ1) is 13.1. The summed E-state index contributed by atoms with van der Waals surface area (Å²) in [6.07, 6.45) is -3.38. The third kappa shape index (κ3) is 4.32. The number of anilines is 2. The molecule has 0 aromatic heterocycles. The molecule has 0 heterocycles. The van der Waals surface area contributed by atoms with Gasteiger partial charge in [-0.05, 0) is 62.7 Å². The standard InChI is InChI=1S/C20H23F3N2O2S/c1-5-24(6-2)17-11-8-15(4)19(14-17)25(7-3)28(26,27)18-12-9-16(10-13-18)20(21,22)23/h7-14H,3,5-6H2,1-2,4H3. The van der Waals surface area contributed by atoms with Crippen molar-refractivity contribution in [2.75, 3.05) is 22.3 Å². The topological polar surface area (TPSA) is 40.6 Å². The van der Waals surface area contributed by atoms with Gasteiger partial charge in [-0.2, -0.15) is 13.2 Å². The maximum Gasteiger partial charge on any atom is 0.416 e. The molecule has 0 bridgehead atoms. The molecule has 4 nitrogen and oxygen atoms in total. The number of halogens is 3. The Labute approximate surface area is 163 Å². The van der Waals surface area contributed by atoms with E-state index in [0.29, 0.717) is 11.3 Å². The van der Waals surface area contributed by atoms with E-state index in [-0.39, 0.29) is 4.90 Å². The van der Waals surface area contributed by atoms with Crippen LogP contribution in [0.4, 0.5) is 24.5 Å². The van der Waals surface area contributed by atoms with Crippen LogP contribution in [0.3, 0.4) is 0 Å². The van der Waals surface area contributed by atoms with Gasteiger partial charge in [-0.1, -0.05) is 12.6 Å². The Kier molecular flexibility index (Phi) is 6.44. The lowest BCUT2D eigenvalue weighted by atomic mass is 10.1. The molecule has 0 radical (unpaired) electrons. The Balaban J connectivity index is 2.52. The van der Waals surface area contributed by atoms with Crippen LogP contribution in [0.15, 0.2) is 60.1 Å². The van der Waals surface area contributed by atoms with E-state index in [9.17, 15) is 21.6 Å². The predicted molar refractivity (Wildman–Crippen MR) is 106 cm³/mol. The first-order valence-corrected chi connectivity index (χ1v) is 10.2. The maximum atomic E-state index is 13.1. The molecule has 0 N–H and O–H groups in total. The van der Waals surface area contributed by atoms with Gasteiger partial charge in [0.15, 0.2) is 0 Å². The molecule has 2 rings (SSSR count). The molecule has 0 fully saturated rings. The fourth-order valence-electron chi connectivity index (χ4n) is 2.88. The summed E-state index contributed by atoms with van der Waals surface area (Å²) < 4.78 is 65.4. The zero-order chi connectivity index (χ0) is 21.1. The fourth-order valence-corrected chi connectivity index (χ4v) is 4.24. The Bertz CT molecular complexity index is 935. The highest BCUT2D eigenvalue weighted by molar-refractivity contribution is 7.93. The third-order valence-corrected chi connectivity index (χ3v) is 6.19. The summed E-state index contributed by atoms with van der Waals surface area (Å²) in [6, 6.07) is 8.88. The van der Waals surface area contributed by atoms with Crippen LogP contribution in [0.1, 0.15) is 25.0 Å². The molecular formula is C20H23F3N2O2S. The number of hydrogen-bond acceptors (Lipinski definition) is 3. The van der Waals surface area contributed by atoms with Crippen LogP contribution in [-0.2, 0) is 16.2 Å². The molecule has 28 heavy (non-hydrogen) atoms. The zero-order valence-corrected chi connectivity index (χ0v) is 16.8. The molecular weight excluding hydrogens is 389 g/mol. The van der Waals surface area contributed by atoms with Gasteiger partial charge in [0.2, 0.25) is 0 Å². The number of rotatable bonds is 7. The summed E-state index contributed by atoms with van der Waals surface area (Å²) in [5.41, 5.74) is 1.04. The van der Waals surface area contributed by atoms with Crippen LogP contribution in [-0.4, -0.2) is 21.5 Å². The van der Waals surface area contributed by atoms with Gasteiger partial charge in [0, 0.05) is 25.0 Å². The van der Waals surface area contributed by atoms with E-state index in [1.165, 1.54) is 0 Å². The molecule has 0 spiro atoms. The summed E-state index contributed by atoms with van der Waals surface area (Å²) in [4.78, 5) is 1.82. The van der Waals surface area contributed by atoms with Crippen LogP contribution < -0.4 is 9.21 Å². The zero-order valence-electron chi connectivity index (χ0n) is 16.0. The van der Waals surface area contributed by atoms with Crippen molar-refractivity contribution in [1.29, 1.82) is 0 Å². The maximum absolute atomic E-state index is 13.1. The second-order valence-electron chi connectivity index (χ2n) is 6.15. The minimum absolute atomic E-state index is 0.243. The molecule has 0 saturated heterocycles. The molecule has 0 aliphatic carbocycles. The van der Waals surface area contributed by atoms with Crippen molar-refractivity contribution < 1.29 is 21.6 Å². The number of benzene rings is 2. The highest BCUT2D eigenvalue weighted by atomic mass is 32.2. The molecule has 2 aromatic carbocycles. The number of alkyl halides is 3. The summed E-state index contributed by atoms with van der Waals surface area (Å²) >= 11 is 0. The number of sulfonamides is 1. The van der Waals surface area contributed by atoms with Gasteiger partial charge in [-0.15, -0.1) is 0 Å². The van der Waals surface area contributed by atoms with Crippen molar-refractivity contribution in [2.24, 2.45) is 0 Å². The van der Waals surface area contributed by atoms with Crippen molar-refractivity contribution in [3.63, 3.8) is 0 Å². The van der Waals surface area contributed by atoms with Gasteiger partial charge >= 0.3 is 6.18 Å². The highest BCUT2D eigenvalue weighted by Crippen LogP contribution is 2.33. The van der Waals surface area contributed by atoms with Gasteiger partial charge in [0.05, 0.1) is 16.1 Å². The Morgan fingerprint density at radius 3 is 2.07 bits per heavy atom. The lowest BCUT2D eigenvalue weighted by molar-refractivity contribution is -0.137. The lowest BCUT2D eigenvalue weighted by Gasteiger charge is -2.26. The normalized spacial score (nSPS) is 11.9. The Morgan fingerprint density at radius 1 is 1.04 bits per heavy atom. The third-order valence-electron chi connectivity index (χ3n) is 4.46. The van der Waals surface area contributed by atoms with Gasteiger partial charge in [-0.25, -0.2) is 12.7 Å². The number of hydrogen-bond donors (Lipinski definition) is 0. The SMILES string of the molecule is C=CN(c1cc(N(CC)CC)ccc1C)S(=O)(=O)c1ccc(C(F)(F)F)cc1. The summed E-state index contributed by atoms with van der Waals surface area (Å²) in [7, 11) is -4.12. The molecule has 0 aliphatic heterocycles. The number of nitrogens with zero attached hydrogens (tertiary/aromatic N) is 2. The summed E-state index contributed by atoms with van der Waals surface area (Å²) in [5, 5.41) is 0. The van der Waals surface area contributed by atoms with E-state index >= 15 is 0 Å². The summed E-state index contributed by atoms with van der Waals surface area (Å²) in [6.45, 7) is 10.8. The quantitative estimate of drug-likeness (QED) is 0.628. The van der Waals surface area contributed by atoms with E-state index in [1.807, 2.05) is 26.0 Å². The van der Waals surface area contributed by atoms with Gasteiger partial charge in [-0.3, -0.25) is 0 Å². The second kappa shape index (κ2) is 8.26. The molecule has 0 saturated carbocycles. The van der Waals surface area contributed by atoms with E-state index in [2.05, 4.69) is 11.5 Å². The predicted octanol–water partition coefficient (Wildman–Crippen LogP) is 5.20. The fraction of sp³-hybridized carbons (Fsp3) is 0.300. The largest absolute Gasteiger partial charge is 0.416 e. The molecule has 0 unspecified atom stereocenters. The second-order valence-corrected chi connectivity index (χ2v) is 7.96. The van der Waals surface area contributed by atoms with Crippen molar-refractivity contribution in [2.45, 2.75) is 31.8 Å². The van der Waals surface area contributed by atoms with Crippen molar-refractivity contribution in [3.8, 4) is 0 Å². The Hall–Kier alpha value is -2.48. The van der Waals surface area contributed by atoms with Crippen molar-refractivity contribution >= 4 is 21.4 Å². The lowest BCUT2D eigenvalue weighted by Crippen LogP contribution is -2.27. The van der Waals surface area contributed by atoms with E-state index in [0.717, 1.165) is 53.5 Å². The Morgan fingerprint density at radius 2 is 1.61 bits per heavy atom. The van der Waals surface area contributed by atoms with Crippen LogP contribution in [0.5, 0.6) is 0 Å². The average molecular weight is 412 g/mol. The van der Waals surface area contributed by atoms with Gasteiger partial charge in [0.1, 0.15) is 0 Å². The van der Waals surface area contributed by atoms with Crippen LogP contribution >= 0.6 is 0 Å².